The Morgan fingerprint density at radius 1 is 1.05 bits per heavy atom. The number of nitrogens with zero attached hydrogens (tertiary/aromatic N) is 2. The third-order valence-corrected chi connectivity index (χ3v) is 3.03. The molecule has 2 aromatic carbocycles. The van der Waals surface area contributed by atoms with E-state index >= 15 is 0 Å². The van der Waals surface area contributed by atoms with E-state index in [2.05, 4.69) is 15.5 Å². The van der Waals surface area contributed by atoms with Crippen LogP contribution in [-0.4, -0.2) is 17.2 Å². The van der Waals surface area contributed by atoms with Crippen LogP contribution in [-0.2, 0) is 0 Å². The molecule has 0 aliphatic carbocycles. The Morgan fingerprint density at radius 3 is 2.62 bits per heavy atom. The molecule has 0 saturated carbocycles. The molecule has 0 fully saturated rings. The molecule has 21 heavy (non-hydrogen) atoms. The molecule has 0 radical (unpaired) electrons. The van der Waals surface area contributed by atoms with Crippen molar-refractivity contribution in [2.75, 3.05) is 12.4 Å². The number of rotatable bonds is 3. The molecule has 0 atom stereocenters. The van der Waals surface area contributed by atoms with Gasteiger partial charge in [-0.1, -0.05) is 17.3 Å². The summed E-state index contributed by atoms with van der Waals surface area (Å²) in [5.74, 6) is -1.35. The zero-order valence-corrected chi connectivity index (χ0v) is 11.1. The molecule has 0 unspecified atom stereocenters. The lowest BCUT2D eigenvalue weighted by molar-refractivity contribution is 0.432. The maximum atomic E-state index is 13.2. The van der Waals surface area contributed by atoms with Crippen molar-refractivity contribution >= 4 is 5.69 Å². The lowest BCUT2D eigenvalue weighted by atomic mass is 10.1. The number of hydrogen-bond acceptors (Lipinski definition) is 4. The second kappa shape index (κ2) is 5.32. The van der Waals surface area contributed by atoms with Crippen LogP contribution in [0.15, 0.2) is 47.0 Å². The van der Waals surface area contributed by atoms with Crippen LogP contribution >= 0.6 is 0 Å². The first-order chi connectivity index (χ1) is 10.2. The summed E-state index contributed by atoms with van der Waals surface area (Å²) in [6, 6.07) is 10.9. The monoisotopic (exact) mass is 287 g/mol. The molecule has 0 amide bonds. The van der Waals surface area contributed by atoms with Gasteiger partial charge < -0.3 is 9.84 Å². The summed E-state index contributed by atoms with van der Waals surface area (Å²) in [6.45, 7) is 0. The Bertz CT molecular complexity index is 786. The van der Waals surface area contributed by atoms with Gasteiger partial charge in [-0.15, -0.1) is 0 Å². The minimum absolute atomic E-state index is 0.204. The molecule has 3 rings (SSSR count). The SMILES string of the molecule is CNc1ccccc1-c1nc(-c2ccc(F)c(F)c2)no1. The summed E-state index contributed by atoms with van der Waals surface area (Å²) in [5.41, 5.74) is 1.92. The molecule has 0 saturated heterocycles. The van der Waals surface area contributed by atoms with E-state index in [1.54, 1.807) is 7.05 Å². The largest absolute Gasteiger partial charge is 0.387 e. The van der Waals surface area contributed by atoms with Gasteiger partial charge in [0.2, 0.25) is 5.82 Å². The summed E-state index contributed by atoms with van der Waals surface area (Å²) in [7, 11) is 1.78. The molecular weight excluding hydrogens is 276 g/mol. The Labute approximate surface area is 119 Å². The lowest BCUT2D eigenvalue weighted by Crippen LogP contribution is -1.91. The summed E-state index contributed by atoms with van der Waals surface area (Å²) >= 11 is 0. The molecule has 1 aromatic heterocycles. The van der Waals surface area contributed by atoms with Crippen LogP contribution in [0.2, 0.25) is 0 Å². The van der Waals surface area contributed by atoms with Crippen molar-refractivity contribution in [3.8, 4) is 22.8 Å². The normalized spacial score (nSPS) is 10.6. The molecular formula is C15H11F2N3O. The highest BCUT2D eigenvalue weighted by Gasteiger charge is 2.14. The first kappa shape index (κ1) is 13.2. The van der Waals surface area contributed by atoms with Crippen LogP contribution in [0.5, 0.6) is 0 Å². The van der Waals surface area contributed by atoms with E-state index in [0.717, 1.165) is 23.4 Å². The van der Waals surface area contributed by atoms with Crippen molar-refractivity contribution in [2.45, 2.75) is 0 Å². The average Bonchev–Trinajstić information content (AvgIpc) is 2.99. The van der Waals surface area contributed by atoms with Crippen LogP contribution < -0.4 is 5.32 Å². The van der Waals surface area contributed by atoms with Gasteiger partial charge in [-0.25, -0.2) is 8.78 Å². The molecule has 6 heteroatoms. The van der Waals surface area contributed by atoms with Crippen molar-refractivity contribution in [3.63, 3.8) is 0 Å². The van der Waals surface area contributed by atoms with Gasteiger partial charge >= 0.3 is 0 Å². The van der Waals surface area contributed by atoms with Gasteiger partial charge in [0.1, 0.15) is 0 Å². The van der Waals surface area contributed by atoms with Crippen molar-refractivity contribution in [1.82, 2.24) is 10.1 Å². The second-order valence-electron chi connectivity index (χ2n) is 4.35. The van der Waals surface area contributed by atoms with E-state index < -0.39 is 11.6 Å². The lowest BCUT2D eigenvalue weighted by Gasteiger charge is -2.03. The molecule has 3 aromatic rings. The number of nitrogens with one attached hydrogen (secondary N) is 1. The average molecular weight is 287 g/mol. The number of anilines is 1. The third-order valence-electron chi connectivity index (χ3n) is 3.03. The molecule has 1 N–H and O–H groups in total. The molecule has 106 valence electrons. The highest BCUT2D eigenvalue weighted by atomic mass is 19.2. The number of para-hydroxylation sites is 1. The Morgan fingerprint density at radius 2 is 1.86 bits per heavy atom. The maximum Gasteiger partial charge on any atom is 0.260 e. The van der Waals surface area contributed by atoms with Crippen LogP contribution in [0.1, 0.15) is 0 Å². The van der Waals surface area contributed by atoms with Crippen LogP contribution in [0.25, 0.3) is 22.8 Å². The number of hydrogen-bond donors (Lipinski definition) is 1. The fourth-order valence-corrected chi connectivity index (χ4v) is 1.97. The van der Waals surface area contributed by atoms with Crippen molar-refractivity contribution in [3.05, 3.63) is 54.1 Å². The van der Waals surface area contributed by atoms with E-state index in [9.17, 15) is 8.78 Å². The topological polar surface area (TPSA) is 51.0 Å². The number of benzene rings is 2. The molecule has 0 aliphatic heterocycles. The van der Waals surface area contributed by atoms with Crippen molar-refractivity contribution in [1.29, 1.82) is 0 Å². The van der Waals surface area contributed by atoms with Crippen LogP contribution in [0, 0.1) is 11.6 Å². The highest BCUT2D eigenvalue weighted by Crippen LogP contribution is 2.28. The summed E-state index contributed by atoms with van der Waals surface area (Å²) < 4.78 is 31.4. The van der Waals surface area contributed by atoms with Gasteiger partial charge in [0.05, 0.1) is 5.56 Å². The molecule has 4 nitrogen and oxygen atoms in total. The molecule has 0 bridgehead atoms. The minimum atomic E-state index is -0.950. The molecule has 0 spiro atoms. The standard InChI is InChI=1S/C15H11F2N3O/c1-18-13-5-3-2-4-10(13)15-19-14(20-21-15)9-6-7-11(16)12(17)8-9/h2-8,18H,1H3. The van der Waals surface area contributed by atoms with Crippen molar-refractivity contribution < 1.29 is 13.3 Å². The molecule has 1 heterocycles. The van der Waals surface area contributed by atoms with Gasteiger partial charge in [-0.3, -0.25) is 0 Å². The van der Waals surface area contributed by atoms with Gasteiger partial charge in [0.15, 0.2) is 11.6 Å². The smallest absolute Gasteiger partial charge is 0.260 e. The summed E-state index contributed by atoms with van der Waals surface area (Å²) in [5, 5.41) is 6.83. The maximum absolute atomic E-state index is 13.2. The van der Waals surface area contributed by atoms with Gasteiger partial charge in [0.25, 0.3) is 5.89 Å². The summed E-state index contributed by atoms with van der Waals surface area (Å²) in [6.07, 6.45) is 0. The fourth-order valence-electron chi connectivity index (χ4n) is 1.97. The van der Waals surface area contributed by atoms with Crippen molar-refractivity contribution in [2.24, 2.45) is 0 Å². The van der Waals surface area contributed by atoms with Gasteiger partial charge in [-0.2, -0.15) is 4.98 Å². The van der Waals surface area contributed by atoms with E-state index in [-0.39, 0.29) is 5.82 Å². The molecule has 0 aliphatic rings. The fraction of sp³-hybridized carbons (Fsp3) is 0.0667. The number of aromatic nitrogens is 2. The zero-order chi connectivity index (χ0) is 14.8. The zero-order valence-electron chi connectivity index (χ0n) is 11.1. The van der Waals surface area contributed by atoms with E-state index in [0.29, 0.717) is 11.5 Å². The van der Waals surface area contributed by atoms with E-state index in [4.69, 9.17) is 4.52 Å². The van der Waals surface area contributed by atoms with E-state index in [1.165, 1.54) is 6.07 Å². The van der Waals surface area contributed by atoms with E-state index in [1.807, 2.05) is 24.3 Å². The van der Waals surface area contributed by atoms with Gasteiger partial charge in [0, 0.05) is 18.3 Å². The number of halogens is 2. The quantitative estimate of drug-likeness (QED) is 0.797. The predicted molar refractivity (Wildman–Crippen MR) is 74.6 cm³/mol. The Hall–Kier alpha value is -2.76. The van der Waals surface area contributed by atoms with Gasteiger partial charge in [-0.05, 0) is 30.3 Å². The first-order valence-electron chi connectivity index (χ1n) is 6.25. The minimum Gasteiger partial charge on any atom is -0.387 e. The Balaban J connectivity index is 2.01. The highest BCUT2D eigenvalue weighted by molar-refractivity contribution is 5.73. The summed E-state index contributed by atoms with van der Waals surface area (Å²) in [4.78, 5) is 4.22. The van der Waals surface area contributed by atoms with Crippen LogP contribution in [0.4, 0.5) is 14.5 Å². The second-order valence-corrected chi connectivity index (χ2v) is 4.35. The third kappa shape index (κ3) is 2.47. The first-order valence-corrected chi connectivity index (χ1v) is 6.25. The Kier molecular flexibility index (Phi) is 3.35. The predicted octanol–water partition coefficient (Wildman–Crippen LogP) is 3.72. The van der Waals surface area contributed by atoms with Crippen LogP contribution in [0.3, 0.4) is 0 Å².